The quantitative estimate of drug-likeness (QED) is 0.697. The van der Waals surface area contributed by atoms with E-state index in [0.717, 1.165) is 11.3 Å². The van der Waals surface area contributed by atoms with Crippen LogP contribution in [0, 0.1) is 10.8 Å². The number of aliphatic hydroxyl groups is 1. The molecule has 1 atom stereocenters. The molecule has 4 aliphatic rings. The van der Waals surface area contributed by atoms with Crippen LogP contribution in [0.2, 0.25) is 0 Å². The summed E-state index contributed by atoms with van der Waals surface area (Å²) in [6.45, 7) is 8.23. The first-order valence-electron chi connectivity index (χ1n) is 10.3. The number of hydrogen-bond acceptors (Lipinski definition) is 5. The summed E-state index contributed by atoms with van der Waals surface area (Å²) in [5, 5.41) is 14.5. The first kappa shape index (κ1) is 18.6. The molecule has 29 heavy (non-hydrogen) atoms. The molecule has 5 heteroatoms. The van der Waals surface area contributed by atoms with Crippen LogP contribution in [0.25, 0.3) is 0 Å². The van der Waals surface area contributed by atoms with E-state index in [2.05, 4.69) is 33.0 Å². The van der Waals surface area contributed by atoms with Gasteiger partial charge in [-0.2, -0.15) is 0 Å². The van der Waals surface area contributed by atoms with Gasteiger partial charge in [0.05, 0.1) is 11.1 Å². The number of nitrogens with one attached hydrogen (secondary N) is 1. The van der Waals surface area contributed by atoms with Gasteiger partial charge < -0.3 is 15.2 Å². The zero-order valence-electron chi connectivity index (χ0n) is 17.4. The molecule has 2 aliphatic heterocycles. The predicted octanol–water partition coefficient (Wildman–Crippen LogP) is 3.98. The monoisotopic (exact) mass is 393 g/mol. The third-order valence-corrected chi connectivity index (χ3v) is 6.76. The van der Waals surface area contributed by atoms with Crippen LogP contribution in [-0.4, -0.2) is 22.9 Å². The maximum atomic E-state index is 13.5. The Morgan fingerprint density at radius 3 is 1.97 bits per heavy atom. The van der Waals surface area contributed by atoms with E-state index in [1.807, 2.05) is 24.3 Å². The largest absolute Gasteiger partial charge is 0.465 e. The molecule has 0 saturated heterocycles. The number of carbonyl (C=O) groups excluding carboxylic acids is 2. The Morgan fingerprint density at radius 2 is 1.41 bits per heavy atom. The second-order valence-electron chi connectivity index (χ2n) is 10.5. The summed E-state index contributed by atoms with van der Waals surface area (Å²) in [4.78, 5) is 26.9. The highest BCUT2D eigenvalue weighted by atomic mass is 16.5. The van der Waals surface area contributed by atoms with Gasteiger partial charge in [0.2, 0.25) is 0 Å². The molecule has 0 aromatic heterocycles. The molecular weight excluding hydrogens is 366 g/mol. The van der Waals surface area contributed by atoms with Crippen molar-refractivity contribution < 1.29 is 19.4 Å². The lowest BCUT2D eigenvalue weighted by Crippen LogP contribution is -2.53. The van der Waals surface area contributed by atoms with Crippen molar-refractivity contribution in [3.8, 4) is 0 Å². The summed E-state index contributed by atoms with van der Waals surface area (Å²) in [6, 6.07) is 7.58. The summed E-state index contributed by atoms with van der Waals surface area (Å²) < 4.78 is 6.34. The number of aliphatic hydroxyl groups excluding tert-OH is 1. The lowest BCUT2D eigenvalue weighted by Gasteiger charge is -2.48. The third kappa shape index (κ3) is 2.43. The molecule has 2 heterocycles. The number of ketones is 2. The van der Waals surface area contributed by atoms with Crippen molar-refractivity contribution in [2.45, 2.75) is 65.0 Å². The Labute approximate surface area is 170 Å². The average Bonchev–Trinajstić information content (AvgIpc) is 2.84. The fraction of sp³-hybridized carbons (Fsp3) is 0.500. The maximum absolute atomic E-state index is 13.5. The summed E-state index contributed by atoms with van der Waals surface area (Å²) in [5.41, 5.74) is 0.843. The topological polar surface area (TPSA) is 75.6 Å². The molecule has 2 N–H and O–H groups in total. The van der Waals surface area contributed by atoms with Crippen molar-refractivity contribution in [2.24, 2.45) is 10.8 Å². The SMILES string of the molecule is CC1(C)CC(=O)C2=C(C1)OC1=C(C(=O)CC(C)(C)C1)C21c2ccccc2NC1O. The highest BCUT2D eigenvalue weighted by Gasteiger charge is 2.62. The number of benzene rings is 1. The molecule has 1 spiro atoms. The molecule has 0 fully saturated rings. The Bertz CT molecular complexity index is 975. The van der Waals surface area contributed by atoms with Gasteiger partial charge in [-0.3, -0.25) is 9.59 Å². The minimum absolute atomic E-state index is 0.0435. The Morgan fingerprint density at radius 1 is 0.897 bits per heavy atom. The van der Waals surface area contributed by atoms with Gasteiger partial charge >= 0.3 is 0 Å². The summed E-state index contributed by atoms with van der Waals surface area (Å²) in [5.74, 6) is 1.15. The van der Waals surface area contributed by atoms with E-state index in [-0.39, 0.29) is 22.4 Å². The summed E-state index contributed by atoms with van der Waals surface area (Å²) >= 11 is 0. The molecule has 1 aromatic rings. The van der Waals surface area contributed by atoms with Crippen LogP contribution in [0.4, 0.5) is 5.69 Å². The van der Waals surface area contributed by atoms with E-state index >= 15 is 0 Å². The van der Waals surface area contributed by atoms with Gasteiger partial charge in [-0.15, -0.1) is 0 Å². The van der Waals surface area contributed by atoms with Gasteiger partial charge in [0, 0.05) is 31.4 Å². The highest BCUT2D eigenvalue weighted by molar-refractivity contribution is 6.09. The predicted molar refractivity (Wildman–Crippen MR) is 109 cm³/mol. The van der Waals surface area contributed by atoms with Crippen molar-refractivity contribution in [1.82, 2.24) is 0 Å². The van der Waals surface area contributed by atoms with Crippen molar-refractivity contribution in [2.75, 3.05) is 5.32 Å². The number of para-hydroxylation sites is 1. The number of rotatable bonds is 0. The molecule has 2 aliphatic carbocycles. The molecule has 5 nitrogen and oxygen atoms in total. The summed E-state index contributed by atoms with van der Waals surface area (Å²) in [6.07, 6.45) is 0.864. The van der Waals surface area contributed by atoms with Crippen LogP contribution in [0.3, 0.4) is 0 Å². The number of ether oxygens (including phenoxy) is 1. The van der Waals surface area contributed by atoms with Gasteiger partial charge in [-0.25, -0.2) is 0 Å². The first-order chi connectivity index (χ1) is 13.6. The lowest BCUT2D eigenvalue weighted by atomic mass is 9.57. The minimum atomic E-state index is -1.19. The van der Waals surface area contributed by atoms with Crippen LogP contribution in [0.15, 0.2) is 46.9 Å². The molecule has 0 radical (unpaired) electrons. The molecule has 0 saturated carbocycles. The number of fused-ring (bicyclic) bond motifs is 4. The van der Waals surface area contributed by atoms with Crippen molar-refractivity contribution in [3.05, 3.63) is 52.5 Å². The number of allylic oxidation sites excluding steroid dienone is 2. The molecule has 5 rings (SSSR count). The fourth-order valence-electron chi connectivity index (χ4n) is 5.75. The standard InChI is InChI=1S/C24H27NO4/c1-22(2)9-15(26)19-17(11-22)29-18-12-23(3,4)10-16(27)20(18)24(19)13-7-5-6-8-14(13)25-21(24)28/h5-8,21,25,28H,9-12H2,1-4H3. The highest BCUT2D eigenvalue weighted by Crippen LogP contribution is 2.60. The van der Waals surface area contributed by atoms with E-state index in [4.69, 9.17) is 4.74 Å². The Hall–Kier alpha value is -2.40. The second kappa shape index (κ2) is 5.60. The minimum Gasteiger partial charge on any atom is -0.465 e. The molecular formula is C24H27NO4. The summed E-state index contributed by atoms with van der Waals surface area (Å²) in [7, 11) is 0. The van der Waals surface area contributed by atoms with Gasteiger partial charge in [0.25, 0.3) is 0 Å². The second-order valence-corrected chi connectivity index (χ2v) is 10.5. The average molecular weight is 393 g/mol. The van der Waals surface area contributed by atoms with E-state index in [0.29, 0.717) is 48.3 Å². The molecule has 152 valence electrons. The molecule has 0 bridgehead atoms. The van der Waals surface area contributed by atoms with Crippen LogP contribution in [0.5, 0.6) is 0 Å². The lowest BCUT2D eigenvalue weighted by molar-refractivity contribution is -0.122. The van der Waals surface area contributed by atoms with Crippen molar-refractivity contribution >= 4 is 17.3 Å². The van der Waals surface area contributed by atoms with Gasteiger partial charge in [0.1, 0.15) is 23.2 Å². The smallest absolute Gasteiger partial charge is 0.164 e. The number of hydrogen-bond donors (Lipinski definition) is 2. The third-order valence-electron chi connectivity index (χ3n) is 6.76. The molecule has 0 amide bonds. The fourth-order valence-corrected chi connectivity index (χ4v) is 5.75. The Balaban J connectivity index is 1.85. The molecule has 1 unspecified atom stereocenters. The number of anilines is 1. The van der Waals surface area contributed by atoms with Crippen LogP contribution in [0.1, 0.15) is 58.9 Å². The van der Waals surface area contributed by atoms with E-state index in [1.54, 1.807) is 0 Å². The molecule has 1 aromatic carbocycles. The van der Waals surface area contributed by atoms with Crippen molar-refractivity contribution in [1.29, 1.82) is 0 Å². The van der Waals surface area contributed by atoms with E-state index < -0.39 is 11.6 Å². The van der Waals surface area contributed by atoms with Gasteiger partial charge in [0.15, 0.2) is 11.6 Å². The number of carbonyl (C=O) groups is 2. The maximum Gasteiger partial charge on any atom is 0.164 e. The number of Topliss-reactive ketones (excluding diaryl/α,β-unsaturated/α-hetero) is 2. The van der Waals surface area contributed by atoms with E-state index in [9.17, 15) is 14.7 Å². The first-order valence-corrected chi connectivity index (χ1v) is 10.3. The van der Waals surface area contributed by atoms with Crippen LogP contribution < -0.4 is 5.32 Å². The van der Waals surface area contributed by atoms with Gasteiger partial charge in [-0.05, 0) is 22.5 Å². The zero-order chi connectivity index (χ0) is 20.8. The van der Waals surface area contributed by atoms with Crippen molar-refractivity contribution in [3.63, 3.8) is 0 Å². The van der Waals surface area contributed by atoms with E-state index in [1.165, 1.54) is 0 Å². The van der Waals surface area contributed by atoms with Crippen LogP contribution >= 0.6 is 0 Å². The normalized spacial score (nSPS) is 28.5. The van der Waals surface area contributed by atoms with Gasteiger partial charge in [-0.1, -0.05) is 45.9 Å². The zero-order valence-corrected chi connectivity index (χ0v) is 17.4. The Kier molecular flexibility index (Phi) is 3.59. The van der Waals surface area contributed by atoms with Crippen LogP contribution in [-0.2, 0) is 19.7 Å².